The van der Waals surface area contributed by atoms with Gasteiger partial charge in [-0.1, -0.05) is 43.5 Å². The smallest absolute Gasteiger partial charge is 0.0320 e. The first-order valence-electron chi connectivity index (χ1n) is 5.79. The van der Waals surface area contributed by atoms with Crippen molar-refractivity contribution in [1.82, 2.24) is 0 Å². The second-order valence-corrected chi connectivity index (χ2v) is 4.19. The summed E-state index contributed by atoms with van der Waals surface area (Å²) in [4.78, 5) is 0. The Balaban J connectivity index is 2.42. The minimum atomic E-state index is 0.763. The third-order valence-electron chi connectivity index (χ3n) is 3.02. The number of benzene rings is 1. The fourth-order valence-electron chi connectivity index (χ4n) is 2.04. The first kappa shape index (κ1) is 11.5. The van der Waals surface area contributed by atoms with Crippen LogP contribution in [0.2, 0.25) is 0 Å². The van der Waals surface area contributed by atoms with Crippen LogP contribution in [0.3, 0.4) is 0 Å². The molecule has 1 aliphatic carbocycles. The quantitative estimate of drug-likeness (QED) is 0.763. The number of anilines is 1. The lowest BCUT2D eigenvalue weighted by atomic mass is 9.90. The lowest BCUT2D eigenvalue weighted by Crippen LogP contribution is -1.96. The van der Waals surface area contributed by atoms with Gasteiger partial charge in [-0.2, -0.15) is 0 Å². The van der Waals surface area contributed by atoms with Gasteiger partial charge in [-0.05, 0) is 47.2 Å². The van der Waals surface area contributed by atoms with Gasteiger partial charge in [0.15, 0.2) is 0 Å². The molecule has 1 aromatic rings. The molecule has 0 bridgehead atoms. The van der Waals surface area contributed by atoms with Crippen molar-refractivity contribution in [3.8, 4) is 0 Å². The molecule has 0 spiro atoms. The Morgan fingerprint density at radius 1 is 1.35 bits per heavy atom. The molecule has 1 aliphatic rings. The number of nitrogen functional groups attached to an aromatic ring is 1. The van der Waals surface area contributed by atoms with E-state index >= 15 is 0 Å². The molecule has 0 fully saturated rings. The minimum absolute atomic E-state index is 0.763. The molecule has 0 atom stereocenters. The summed E-state index contributed by atoms with van der Waals surface area (Å²) in [5.41, 5.74) is 11.1. The van der Waals surface area contributed by atoms with E-state index in [9.17, 15) is 0 Å². The van der Waals surface area contributed by atoms with Crippen LogP contribution in [0.15, 0.2) is 55.2 Å². The largest absolute Gasteiger partial charge is 0.399 e. The molecule has 2 N–H and O–H groups in total. The number of allylic oxidation sites excluding steroid dienone is 5. The maximum absolute atomic E-state index is 5.84. The maximum Gasteiger partial charge on any atom is 0.0320 e. The zero-order chi connectivity index (χ0) is 12.3. The summed E-state index contributed by atoms with van der Waals surface area (Å²) >= 11 is 0. The van der Waals surface area contributed by atoms with Crippen LogP contribution in [0, 0.1) is 0 Å². The van der Waals surface area contributed by atoms with Crippen LogP contribution >= 0.6 is 0 Å². The van der Waals surface area contributed by atoms with E-state index in [2.05, 4.69) is 31.4 Å². The monoisotopic (exact) mass is 223 g/mol. The average Bonchev–Trinajstić information content (AvgIpc) is 2.39. The zero-order valence-electron chi connectivity index (χ0n) is 9.95. The van der Waals surface area contributed by atoms with Crippen molar-refractivity contribution in [1.29, 1.82) is 0 Å². The van der Waals surface area contributed by atoms with Crippen LogP contribution in [0.1, 0.15) is 24.0 Å². The van der Waals surface area contributed by atoms with E-state index in [1.165, 1.54) is 5.57 Å². The molecule has 0 saturated heterocycles. The van der Waals surface area contributed by atoms with Gasteiger partial charge in [0.2, 0.25) is 0 Å². The SMILES string of the molecule is C=Cc1ccc(N)cc1C(=C)C1=CC=CCC1. The van der Waals surface area contributed by atoms with Crippen LogP contribution in [-0.2, 0) is 0 Å². The molecule has 2 rings (SSSR count). The standard InChI is InChI=1S/C16H17N/c1-3-13-9-10-15(17)11-16(13)12(2)14-7-5-4-6-8-14/h3-5,7,9-11H,1-2,6,8,17H2. The molecule has 0 unspecified atom stereocenters. The molecule has 1 nitrogen and oxygen atoms in total. The Morgan fingerprint density at radius 2 is 2.18 bits per heavy atom. The van der Waals surface area contributed by atoms with E-state index in [0.717, 1.165) is 35.2 Å². The Labute approximate surface area is 103 Å². The first-order valence-corrected chi connectivity index (χ1v) is 5.79. The van der Waals surface area contributed by atoms with Crippen LogP contribution in [0.4, 0.5) is 5.69 Å². The predicted molar refractivity (Wildman–Crippen MR) is 76.4 cm³/mol. The minimum Gasteiger partial charge on any atom is -0.399 e. The molecule has 0 aromatic heterocycles. The van der Waals surface area contributed by atoms with Crippen molar-refractivity contribution in [2.45, 2.75) is 12.8 Å². The van der Waals surface area contributed by atoms with Crippen molar-refractivity contribution in [3.05, 3.63) is 66.3 Å². The second kappa shape index (κ2) is 4.88. The predicted octanol–water partition coefficient (Wildman–Crippen LogP) is 4.20. The topological polar surface area (TPSA) is 26.0 Å². The van der Waals surface area contributed by atoms with Gasteiger partial charge in [0, 0.05) is 5.69 Å². The highest BCUT2D eigenvalue weighted by molar-refractivity contribution is 5.84. The summed E-state index contributed by atoms with van der Waals surface area (Å²) in [5, 5.41) is 0. The molecule has 0 saturated carbocycles. The molecule has 1 heteroatoms. The maximum atomic E-state index is 5.84. The lowest BCUT2D eigenvalue weighted by Gasteiger charge is -2.15. The molecule has 1 aromatic carbocycles. The average molecular weight is 223 g/mol. The molecule has 0 radical (unpaired) electrons. The van der Waals surface area contributed by atoms with Gasteiger partial charge in [0.25, 0.3) is 0 Å². The summed E-state index contributed by atoms with van der Waals surface area (Å²) in [6.45, 7) is 8.03. The van der Waals surface area contributed by atoms with Gasteiger partial charge < -0.3 is 5.73 Å². The Bertz CT molecular complexity index is 518. The third-order valence-corrected chi connectivity index (χ3v) is 3.02. The number of hydrogen-bond acceptors (Lipinski definition) is 1. The Kier molecular flexibility index (Phi) is 3.29. The van der Waals surface area contributed by atoms with Crippen LogP contribution < -0.4 is 5.73 Å². The number of rotatable bonds is 3. The highest BCUT2D eigenvalue weighted by Crippen LogP contribution is 2.31. The van der Waals surface area contributed by atoms with E-state index < -0.39 is 0 Å². The summed E-state index contributed by atoms with van der Waals surface area (Å²) in [7, 11) is 0. The van der Waals surface area contributed by atoms with Crippen LogP contribution in [0.5, 0.6) is 0 Å². The van der Waals surface area contributed by atoms with Crippen molar-refractivity contribution >= 4 is 17.3 Å². The van der Waals surface area contributed by atoms with Crippen molar-refractivity contribution in [3.63, 3.8) is 0 Å². The van der Waals surface area contributed by atoms with Crippen molar-refractivity contribution in [2.24, 2.45) is 0 Å². The summed E-state index contributed by atoms with van der Waals surface area (Å²) in [5.74, 6) is 0. The Morgan fingerprint density at radius 3 is 2.82 bits per heavy atom. The lowest BCUT2D eigenvalue weighted by molar-refractivity contribution is 0.997. The van der Waals surface area contributed by atoms with E-state index in [-0.39, 0.29) is 0 Å². The van der Waals surface area contributed by atoms with Crippen LogP contribution in [0.25, 0.3) is 11.6 Å². The normalized spacial score (nSPS) is 14.2. The summed E-state index contributed by atoms with van der Waals surface area (Å²) in [6.07, 6.45) is 10.4. The first-order chi connectivity index (χ1) is 8.22. The fourth-order valence-corrected chi connectivity index (χ4v) is 2.04. The van der Waals surface area contributed by atoms with Gasteiger partial charge in [0.05, 0.1) is 0 Å². The Hall–Kier alpha value is -2.02. The van der Waals surface area contributed by atoms with Crippen molar-refractivity contribution in [2.75, 3.05) is 5.73 Å². The van der Waals surface area contributed by atoms with E-state index in [1.807, 2.05) is 24.3 Å². The number of hydrogen-bond donors (Lipinski definition) is 1. The van der Waals surface area contributed by atoms with Gasteiger partial charge >= 0.3 is 0 Å². The highest BCUT2D eigenvalue weighted by atomic mass is 14.5. The van der Waals surface area contributed by atoms with E-state index in [1.54, 1.807) is 0 Å². The van der Waals surface area contributed by atoms with Gasteiger partial charge in [-0.3, -0.25) is 0 Å². The molecular formula is C16H17N. The second-order valence-electron chi connectivity index (χ2n) is 4.19. The summed E-state index contributed by atoms with van der Waals surface area (Å²) < 4.78 is 0. The van der Waals surface area contributed by atoms with E-state index in [4.69, 9.17) is 5.73 Å². The molecule has 0 aliphatic heterocycles. The van der Waals surface area contributed by atoms with Gasteiger partial charge in [-0.15, -0.1) is 0 Å². The molecule has 0 amide bonds. The van der Waals surface area contributed by atoms with Crippen LogP contribution in [-0.4, -0.2) is 0 Å². The third kappa shape index (κ3) is 2.39. The van der Waals surface area contributed by atoms with Gasteiger partial charge in [0.1, 0.15) is 0 Å². The number of nitrogens with two attached hydrogens (primary N) is 1. The molecular weight excluding hydrogens is 206 g/mol. The van der Waals surface area contributed by atoms with E-state index in [0.29, 0.717) is 0 Å². The highest BCUT2D eigenvalue weighted by Gasteiger charge is 2.10. The molecule has 86 valence electrons. The van der Waals surface area contributed by atoms with Gasteiger partial charge in [-0.25, -0.2) is 0 Å². The molecule has 0 heterocycles. The fraction of sp³-hybridized carbons (Fsp3) is 0.125. The zero-order valence-corrected chi connectivity index (χ0v) is 9.95. The summed E-state index contributed by atoms with van der Waals surface area (Å²) in [6, 6.07) is 5.85. The molecule has 17 heavy (non-hydrogen) atoms. The van der Waals surface area contributed by atoms with Crippen molar-refractivity contribution < 1.29 is 0 Å².